The normalized spacial score (nSPS) is 14.9. The van der Waals surface area contributed by atoms with Crippen LogP contribution in [-0.4, -0.2) is 48.4 Å². The largest absolute Gasteiger partial charge is 0.510 e. The van der Waals surface area contributed by atoms with Crippen LogP contribution in [0.15, 0.2) is 47.5 Å². The number of aromatic nitrogens is 1. The second-order valence-corrected chi connectivity index (χ2v) is 8.18. The molecule has 0 unspecified atom stereocenters. The van der Waals surface area contributed by atoms with Crippen LogP contribution in [0, 0.1) is 5.41 Å². The summed E-state index contributed by atoms with van der Waals surface area (Å²) < 4.78 is 21.5. The van der Waals surface area contributed by atoms with Gasteiger partial charge >= 0.3 is 0 Å². The summed E-state index contributed by atoms with van der Waals surface area (Å²) in [6.07, 6.45) is 0. The molecule has 0 amide bonds. The highest BCUT2D eigenvalue weighted by Gasteiger charge is 2.30. The molecule has 0 saturated heterocycles. The molecule has 5 rings (SSSR count). The molecule has 0 radical (unpaired) electrons. The molecule has 9 heteroatoms. The molecule has 164 valence electrons. The van der Waals surface area contributed by atoms with Gasteiger partial charge in [-0.3, -0.25) is 5.41 Å². The number of thiazole rings is 1. The minimum absolute atomic E-state index is 0.143. The van der Waals surface area contributed by atoms with E-state index in [2.05, 4.69) is 4.98 Å². The zero-order valence-electron chi connectivity index (χ0n) is 17.5. The van der Waals surface area contributed by atoms with Gasteiger partial charge in [0, 0.05) is 17.5 Å². The summed E-state index contributed by atoms with van der Waals surface area (Å²) in [6.45, 7) is 0.947. The van der Waals surface area contributed by atoms with Crippen molar-refractivity contribution in [1.29, 1.82) is 5.41 Å². The maximum atomic E-state index is 10.6. The molecule has 2 aromatic carbocycles. The molecule has 2 aliphatic heterocycles. The molecule has 1 aromatic heterocycles. The van der Waals surface area contributed by atoms with Crippen molar-refractivity contribution in [3.8, 4) is 34.3 Å². The van der Waals surface area contributed by atoms with Gasteiger partial charge in [-0.05, 0) is 35.9 Å². The molecule has 0 aliphatic carbocycles. The lowest BCUT2D eigenvalue weighted by molar-refractivity contribution is 0.174. The van der Waals surface area contributed by atoms with Gasteiger partial charge in [0.1, 0.15) is 16.6 Å². The Bertz CT molecular complexity index is 1240. The highest BCUT2D eigenvalue weighted by molar-refractivity contribution is 7.11. The third-order valence-corrected chi connectivity index (χ3v) is 6.25. The topological polar surface area (TPSA) is 97.1 Å². The summed E-state index contributed by atoms with van der Waals surface area (Å²) in [6, 6.07) is 11.3. The number of aliphatic hydroxyl groups excluding tert-OH is 1. The van der Waals surface area contributed by atoms with Gasteiger partial charge in [-0.1, -0.05) is 6.07 Å². The van der Waals surface area contributed by atoms with Gasteiger partial charge in [0.15, 0.2) is 23.0 Å². The lowest BCUT2D eigenvalue weighted by atomic mass is 10.1. The minimum Gasteiger partial charge on any atom is -0.510 e. The highest BCUT2D eigenvalue weighted by atomic mass is 32.1. The molecule has 3 heterocycles. The van der Waals surface area contributed by atoms with E-state index in [1.54, 1.807) is 19.1 Å². The predicted octanol–water partition coefficient (Wildman–Crippen LogP) is 4.32. The Labute approximate surface area is 188 Å². The number of benzene rings is 2. The van der Waals surface area contributed by atoms with Crippen molar-refractivity contribution in [2.75, 3.05) is 27.6 Å². The lowest BCUT2D eigenvalue weighted by Crippen LogP contribution is -2.26. The monoisotopic (exact) mass is 451 g/mol. The van der Waals surface area contributed by atoms with Crippen LogP contribution in [0.1, 0.15) is 10.6 Å². The first-order chi connectivity index (χ1) is 15.6. The molecule has 2 aliphatic rings. The number of nitrogens with zero attached hydrogens (tertiary/aromatic N) is 2. The number of hydrogen-bond donors (Lipinski definition) is 2. The summed E-state index contributed by atoms with van der Waals surface area (Å²) in [5, 5.41) is 21.8. The molecule has 0 bridgehead atoms. The van der Waals surface area contributed by atoms with Gasteiger partial charge in [0.05, 0.1) is 32.0 Å². The predicted molar refractivity (Wildman–Crippen MR) is 121 cm³/mol. The summed E-state index contributed by atoms with van der Waals surface area (Å²) in [5.74, 6) is 3.06. The molecule has 8 nitrogen and oxygen atoms in total. The molecule has 32 heavy (non-hydrogen) atoms. The van der Waals surface area contributed by atoms with Crippen molar-refractivity contribution in [3.05, 3.63) is 58.1 Å². The van der Waals surface area contributed by atoms with Crippen LogP contribution >= 0.6 is 11.3 Å². The first-order valence-electron chi connectivity index (χ1n) is 9.90. The average Bonchev–Trinajstić information content (AvgIpc) is 3.53. The quantitative estimate of drug-likeness (QED) is 0.576. The van der Waals surface area contributed by atoms with Gasteiger partial charge in [0.25, 0.3) is 0 Å². The molecular weight excluding hydrogens is 430 g/mol. The van der Waals surface area contributed by atoms with Crippen LogP contribution in [-0.2, 0) is 6.54 Å². The number of aliphatic hydroxyl groups is 1. The number of fused-ring (bicyclic) bond motifs is 1. The van der Waals surface area contributed by atoms with Crippen LogP contribution in [0.2, 0.25) is 0 Å². The Balaban J connectivity index is 1.36. The molecule has 0 fully saturated rings. The van der Waals surface area contributed by atoms with Gasteiger partial charge in [-0.2, -0.15) is 0 Å². The van der Waals surface area contributed by atoms with Gasteiger partial charge in [-0.15, -0.1) is 11.3 Å². The van der Waals surface area contributed by atoms with E-state index >= 15 is 0 Å². The Morgan fingerprint density at radius 3 is 2.72 bits per heavy atom. The van der Waals surface area contributed by atoms with E-state index in [0.29, 0.717) is 34.4 Å². The van der Waals surface area contributed by atoms with E-state index in [0.717, 1.165) is 22.6 Å². The fraction of sp³-hybridized carbons (Fsp3) is 0.217. The fourth-order valence-electron chi connectivity index (χ4n) is 3.77. The fourth-order valence-corrected chi connectivity index (χ4v) is 4.67. The number of rotatable bonds is 6. The van der Waals surface area contributed by atoms with Crippen molar-refractivity contribution in [2.24, 2.45) is 0 Å². The molecule has 3 aromatic rings. The van der Waals surface area contributed by atoms with Crippen molar-refractivity contribution < 1.29 is 24.1 Å². The van der Waals surface area contributed by atoms with E-state index in [1.807, 2.05) is 41.8 Å². The van der Waals surface area contributed by atoms with E-state index in [-0.39, 0.29) is 24.9 Å². The Kier molecular flexibility index (Phi) is 5.10. The molecule has 0 atom stereocenters. The third kappa shape index (κ3) is 3.50. The Morgan fingerprint density at radius 1 is 1.09 bits per heavy atom. The van der Waals surface area contributed by atoms with Crippen molar-refractivity contribution in [1.82, 2.24) is 9.88 Å². The van der Waals surface area contributed by atoms with Gasteiger partial charge in [-0.25, -0.2) is 4.98 Å². The van der Waals surface area contributed by atoms with Crippen molar-refractivity contribution in [3.63, 3.8) is 0 Å². The summed E-state index contributed by atoms with van der Waals surface area (Å²) in [7, 11) is 3.18. The second-order valence-electron chi connectivity index (χ2n) is 7.32. The second kappa shape index (κ2) is 8.08. The number of ether oxygens (including phenoxy) is 4. The first kappa shape index (κ1) is 20.2. The number of hydrogen-bond acceptors (Lipinski definition) is 8. The molecule has 0 saturated carbocycles. The van der Waals surface area contributed by atoms with Crippen LogP contribution in [0.25, 0.3) is 16.8 Å². The molecule has 0 spiro atoms. The maximum absolute atomic E-state index is 10.6. The summed E-state index contributed by atoms with van der Waals surface area (Å²) in [4.78, 5) is 6.49. The van der Waals surface area contributed by atoms with E-state index in [9.17, 15) is 5.11 Å². The third-order valence-electron chi connectivity index (χ3n) is 5.39. The SMILES string of the molecule is COc1ccc(-c2csc(C3=C(O)CN(Cc4ccc5c(c4)OCO5)C3=N)n2)cc1OC. The highest BCUT2D eigenvalue weighted by Crippen LogP contribution is 2.37. The zero-order valence-corrected chi connectivity index (χ0v) is 18.4. The van der Waals surface area contributed by atoms with Crippen LogP contribution in [0.4, 0.5) is 0 Å². The van der Waals surface area contributed by atoms with E-state index in [1.165, 1.54) is 11.3 Å². The first-order valence-corrected chi connectivity index (χ1v) is 10.8. The van der Waals surface area contributed by atoms with Crippen LogP contribution < -0.4 is 18.9 Å². The summed E-state index contributed by atoms with van der Waals surface area (Å²) in [5.41, 5.74) is 3.04. The molecule has 2 N–H and O–H groups in total. The van der Waals surface area contributed by atoms with Gasteiger partial charge < -0.3 is 29.0 Å². The zero-order chi connectivity index (χ0) is 22.2. The lowest BCUT2D eigenvalue weighted by Gasteiger charge is -2.18. The summed E-state index contributed by atoms with van der Waals surface area (Å²) >= 11 is 1.39. The van der Waals surface area contributed by atoms with Crippen molar-refractivity contribution in [2.45, 2.75) is 6.54 Å². The standard InChI is InChI=1S/C23H21N3O5S/c1-28-17-6-4-14(8-19(17)29-2)15-11-32-23(25-15)21-16(27)10-26(22(21)24)9-13-3-5-18-20(7-13)31-12-30-18/h3-8,11,24,27H,9-10,12H2,1-2H3. The number of nitrogens with one attached hydrogen (secondary N) is 1. The van der Waals surface area contributed by atoms with E-state index < -0.39 is 0 Å². The number of methoxy groups -OCH3 is 2. The van der Waals surface area contributed by atoms with Gasteiger partial charge in [0.2, 0.25) is 6.79 Å². The molecular formula is C23H21N3O5S. The van der Waals surface area contributed by atoms with Crippen LogP contribution in [0.3, 0.4) is 0 Å². The number of amidine groups is 1. The Hall–Kier alpha value is -3.72. The van der Waals surface area contributed by atoms with E-state index in [4.69, 9.17) is 24.4 Å². The maximum Gasteiger partial charge on any atom is 0.231 e. The smallest absolute Gasteiger partial charge is 0.231 e. The van der Waals surface area contributed by atoms with Crippen molar-refractivity contribution >= 4 is 22.7 Å². The Morgan fingerprint density at radius 2 is 1.91 bits per heavy atom. The average molecular weight is 452 g/mol. The minimum atomic E-state index is 0.143. The van der Waals surface area contributed by atoms with Crippen LogP contribution in [0.5, 0.6) is 23.0 Å².